The van der Waals surface area contributed by atoms with E-state index in [1.54, 1.807) is 0 Å². The maximum Gasteiger partial charge on any atom is 0.416 e. The molecule has 0 amide bonds. The lowest BCUT2D eigenvalue weighted by atomic mass is 10.1. The molecule has 1 unspecified atom stereocenters. The number of hydrogen-bond acceptors (Lipinski definition) is 3. The third-order valence-electron chi connectivity index (χ3n) is 5.84. The van der Waals surface area contributed by atoms with Crippen LogP contribution >= 0.6 is 15.9 Å². The minimum Gasteiger partial charge on any atom is -0.348 e. The van der Waals surface area contributed by atoms with Crippen molar-refractivity contribution in [2.24, 2.45) is 0 Å². The summed E-state index contributed by atoms with van der Waals surface area (Å²) >= 11 is 3.33. The summed E-state index contributed by atoms with van der Waals surface area (Å²) in [7, 11) is 0. The van der Waals surface area contributed by atoms with Gasteiger partial charge in [-0.2, -0.15) is 13.2 Å². The van der Waals surface area contributed by atoms with Gasteiger partial charge in [0.05, 0.1) is 23.2 Å². The van der Waals surface area contributed by atoms with Crippen molar-refractivity contribution in [2.75, 3.05) is 18.0 Å². The number of aromatic nitrogens is 3. The number of rotatable bonds is 2. The van der Waals surface area contributed by atoms with Crippen molar-refractivity contribution >= 4 is 32.8 Å². The van der Waals surface area contributed by atoms with Gasteiger partial charge in [-0.05, 0) is 66.9 Å². The van der Waals surface area contributed by atoms with E-state index in [2.05, 4.69) is 30.7 Å². The Kier molecular flexibility index (Phi) is 5.46. The fourth-order valence-electron chi connectivity index (χ4n) is 4.19. The second-order valence-electron chi connectivity index (χ2n) is 7.87. The SMILES string of the molecule is [C-]#[N+]C1CCCN(c2nc(C)nc3c2c(C)c(C)n3-c2ccc(C(F)(F)F)cc2Br)C1. The van der Waals surface area contributed by atoms with Crippen LogP contribution in [0.3, 0.4) is 0 Å². The Bertz CT molecular complexity index is 1210. The zero-order valence-corrected chi connectivity index (χ0v) is 19.0. The first kappa shape index (κ1) is 21.6. The molecule has 162 valence electrons. The fourth-order valence-corrected chi connectivity index (χ4v) is 4.74. The van der Waals surface area contributed by atoms with E-state index < -0.39 is 11.7 Å². The highest BCUT2D eigenvalue weighted by Crippen LogP contribution is 2.38. The van der Waals surface area contributed by atoms with Gasteiger partial charge in [-0.25, -0.2) is 16.5 Å². The summed E-state index contributed by atoms with van der Waals surface area (Å²) in [6.45, 7) is 14.5. The first-order chi connectivity index (χ1) is 14.6. The van der Waals surface area contributed by atoms with E-state index in [9.17, 15) is 13.2 Å². The number of anilines is 1. The minimum absolute atomic E-state index is 0.0633. The van der Waals surface area contributed by atoms with Gasteiger partial charge in [0.2, 0.25) is 6.04 Å². The lowest BCUT2D eigenvalue weighted by Gasteiger charge is -2.29. The van der Waals surface area contributed by atoms with Crippen LogP contribution in [0.5, 0.6) is 0 Å². The highest BCUT2D eigenvalue weighted by Gasteiger charge is 2.32. The maximum atomic E-state index is 13.1. The largest absolute Gasteiger partial charge is 0.416 e. The molecular formula is C22H21BrF3N5. The standard InChI is InChI=1S/C22H21BrF3N5/c1-12-13(2)31(18-8-7-15(10-17(18)23)22(24,25)26)21-19(12)20(28-14(3)29-21)30-9-5-6-16(11-30)27-4/h7-8,10,16H,5-6,9,11H2,1-3H3. The van der Waals surface area contributed by atoms with Gasteiger partial charge < -0.3 is 9.74 Å². The molecule has 1 aromatic carbocycles. The van der Waals surface area contributed by atoms with Gasteiger partial charge in [0, 0.05) is 23.1 Å². The third kappa shape index (κ3) is 3.78. The number of alkyl halides is 3. The number of nitrogens with zero attached hydrogens (tertiary/aromatic N) is 5. The van der Waals surface area contributed by atoms with Crippen molar-refractivity contribution in [3.63, 3.8) is 0 Å². The van der Waals surface area contributed by atoms with Gasteiger partial charge in [-0.3, -0.25) is 4.57 Å². The molecule has 1 aliphatic heterocycles. The van der Waals surface area contributed by atoms with Gasteiger partial charge in [-0.1, -0.05) is 0 Å². The normalized spacial score (nSPS) is 17.2. The third-order valence-corrected chi connectivity index (χ3v) is 6.48. The Morgan fingerprint density at radius 2 is 1.94 bits per heavy atom. The first-order valence-electron chi connectivity index (χ1n) is 9.96. The number of aryl methyl sites for hydroxylation is 2. The predicted molar refractivity (Wildman–Crippen MR) is 118 cm³/mol. The van der Waals surface area contributed by atoms with Crippen molar-refractivity contribution in [3.8, 4) is 5.69 Å². The van der Waals surface area contributed by atoms with Crippen LogP contribution in [-0.4, -0.2) is 33.7 Å². The Labute approximate surface area is 186 Å². The van der Waals surface area contributed by atoms with Gasteiger partial charge in [0.1, 0.15) is 11.6 Å². The second-order valence-corrected chi connectivity index (χ2v) is 8.73. The number of hydrogen-bond donors (Lipinski definition) is 0. The number of piperidine rings is 1. The van der Waals surface area contributed by atoms with E-state index in [0.717, 1.165) is 54.0 Å². The van der Waals surface area contributed by atoms with Crippen LogP contribution in [0.4, 0.5) is 19.0 Å². The van der Waals surface area contributed by atoms with Crippen LogP contribution in [0.25, 0.3) is 21.6 Å². The molecule has 4 rings (SSSR count). The lowest BCUT2D eigenvalue weighted by Crippen LogP contribution is -2.37. The van der Waals surface area contributed by atoms with Gasteiger partial charge in [0.25, 0.3) is 0 Å². The molecule has 1 saturated heterocycles. The summed E-state index contributed by atoms with van der Waals surface area (Å²) < 4.78 is 41.6. The molecule has 9 heteroatoms. The lowest BCUT2D eigenvalue weighted by molar-refractivity contribution is -0.137. The number of halogens is 4. The molecule has 0 aliphatic carbocycles. The van der Waals surface area contributed by atoms with E-state index in [-0.39, 0.29) is 6.04 Å². The molecule has 3 aromatic rings. The summed E-state index contributed by atoms with van der Waals surface area (Å²) in [5, 5.41) is 0.875. The highest BCUT2D eigenvalue weighted by atomic mass is 79.9. The Morgan fingerprint density at radius 1 is 1.19 bits per heavy atom. The van der Waals surface area contributed by atoms with E-state index in [0.29, 0.717) is 28.2 Å². The molecule has 1 fully saturated rings. The summed E-state index contributed by atoms with van der Waals surface area (Å²) in [5.41, 5.74) is 2.39. The van der Waals surface area contributed by atoms with E-state index in [1.807, 2.05) is 25.3 Å². The molecular weight excluding hydrogens is 471 g/mol. The molecule has 2 aromatic heterocycles. The van der Waals surface area contributed by atoms with E-state index in [4.69, 9.17) is 11.6 Å². The molecule has 0 bridgehead atoms. The molecule has 0 radical (unpaired) electrons. The maximum absolute atomic E-state index is 13.1. The quantitative estimate of drug-likeness (QED) is 0.411. The summed E-state index contributed by atoms with van der Waals surface area (Å²) in [4.78, 5) is 15.2. The predicted octanol–water partition coefficient (Wildman–Crippen LogP) is 6.02. The van der Waals surface area contributed by atoms with Gasteiger partial charge >= 0.3 is 6.18 Å². The summed E-state index contributed by atoms with van der Waals surface area (Å²) in [6, 6.07) is 3.58. The molecule has 5 nitrogen and oxygen atoms in total. The van der Waals surface area contributed by atoms with Crippen molar-refractivity contribution < 1.29 is 13.2 Å². The molecule has 0 saturated carbocycles. The summed E-state index contributed by atoms with van der Waals surface area (Å²) in [6.07, 6.45) is -2.62. The van der Waals surface area contributed by atoms with Crippen LogP contribution in [0.2, 0.25) is 0 Å². The minimum atomic E-state index is -4.41. The van der Waals surface area contributed by atoms with Crippen molar-refractivity contribution in [2.45, 2.75) is 45.8 Å². The Balaban J connectivity index is 1.92. The Morgan fingerprint density at radius 3 is 2.58 bits per heavy atom. The zero-order valence-electron chi connectivity index (χ0n) is 17.4. The molecule has 3 heterocycles. The van der Waals surface area contributed by atoms with Crippen LogP contribution in [-0.2, 0) is 6.18 Å². The van der Waals surface area contributed by atoms with E-state index >= 15 is 0 Å². The van der Waals surface area contributed by atoms with Crippen molar-refractivity contribution in [3.05, 3.63) is 56.7 Å². The Hall–Kier alpha value is -2.60. The molecule has 31 heavy (non-hydrogen) atoms. The molecule has 0 spiro atoms. The van der Waals surface area contributed by atoms with Gasteiger partial charge in [-0.15, -0.1) is 0 Å². The van der Waals surface area contributed by atoms with Crippen LogP contribution in [0.15, 0.2) is 22.7 Å². The first-order valence-corrected chi connectivity index (χ1v) is 10.8. The highest BCUT2D eigenvalue weighted by molar-refractivity contribution is 9.10. The molecule has 1 aliphatic rings. The van der Waals surface area contributed by atoms with Crippen LogP contribution in [0, 0.1) is 27.3 Å². The second kappa shape index (κ2) is 7.83. The fraction of sp³-hybridized carbons (Fsp3) is 0.409. The number of benzene rings is 1. The van der Waals surface area contributed by atoms with Gasteiger partial charge in [0.15, 0.2) is 5.65 Å². The van der Waals surface area contributed by atoms with Crippen molar-refractivity contribution in [1.29, 1.82) is 0 Å². The monoisotopic (exact) mass is 491 g/mol. The zero-order chi connectivity index (χ0) is 22.5. The average molecular weight is 492 g/mol. The summed E-state index contributed by atoms with van der Waals surface area (Å²) in [5.74, 6) is 1.37. The molecule has 1 atom stereocenters. The van der Waals surface area contributed by atoms with Crippen molar-refractivity contribution in [1.82, 2.24) is 14.5 Å². The van der Waals surface area contributed by atoms with Crippen LogP contribution in [0.1, 0.15) is 35.5 Å². The topological polar surface area (TPSA) is 38.3 Å². The van der Waals surface area contributed by atoms with E-state index in [1.165, 1.54) is 6.07 Å². The van der Waals surface area contributed by atoms with Crippen LogP contribution < -0.4 is 4.90 Å². The average Bonchev–Trinajstić information content (AvgIpc) is 2.97. The smallest absolute Gasteiger partial charge is 0.348 e. The number of fused-ring (bicyclic) bond motifs is 1. The molecule has 0 N–H and O–H groups in total.